The van der Waals surface area contributed by atoms with Gasteiger partial charge in [0.25, 0.3) is 0 Å². The number of methoxy groups -OCH3 is 2. The number of esters is 2. The Morgan fingerprint density at radius 3 is 1.83 bits per heavy atom. The second-order valence-electron chi connectivity index (χ2n) is 6.38. The van der Waals surface area contributed by atoms with Crippen molar-refractivity contribution in [2.75, 3.05) is 14.2 Å². The highest BCUT2D eigenvalue weighted by molar-refractivity contribution is 6.30. The van der Waals surface area contributed by atoms with Gasteiger partial charge >= 0.3 is 18.1 Å². The lowest BCUT2D eigenvalue weighted by Crippen LogP contribution is -2.33. The van der Waals surface area contributed by atoms with Crippen molar-refractivity contribution in [2.45, 2.75) is 18.5 Å². The van der Waals surface area contributed by atoms with Crippen LogP contribution in [-0.4, -0.2) is 31.9 Å². The topological polar surface area (TPSA) is 69.7 Å². The van der Waals surface area contributed by atoms with Crippen LogP contribution in [0, 0.1) is 5.92 Å². The number of ether oxygens (including phenoxy) is 2. The van der Waals surface area contributed by atoms with Crippen molar-refractivity contribution in [2.24, 2.45) is 5.92 Å². The summed E-state index contributed by atoms with van der Waals surface area (Å²) >= 11 is 5.89. The zero-order valence-corrected chi connectivity index (χ0v) is 16.8. The SMILES string of the molecule is COC(=O)C(C(=O)OC)C(CC(=O)c1ccc(C(F)(F)F)cc1)c1ccc(Cl)cc1. The van der Waals surface area contributed by atoms with Gasteiger partial charge in [0.15, 0.2) is 11.7 Å². The molecule has 0 bridgehead atoms. The summed E-state index contributed by atoms with van der Waals surface area (Å²) in [5.41, 5.74) is -0.439. The summed E-state index contributed by atoms with van der Waals surface area (Å²) < 4.78 is 47.6. The Kier molecular flexibility index (Phi) is 7.61. The van der Waals surface area contributed by atoms with Gasteiger partial charge in [-0.3, -0.25) is 14.4 Å². The molecule has 0 fully saturated rings. The minimum Gasteiger partial charge on any atom is -0.468 e. The van der Waals surface area contributed by atoms with Gasteiger partial charge in [0, 0.05) is 22.9 Å². The highest BCUT2D eigenvalue weighted by Gasteiger charge is 2.39. The van der Waals surface area contributed by atoms with Crippen LogP contribution in [0.4, 0.5) is 13.2 Å². The summed E-state index contributed by atoms with van der Waals surface area (Å²) in [7, 11) is 2.18. The Bertz CT molecular complexity index is 892. The molecule has 0 saturated carbocycles. The summed E-state index contributed by atoms with van der Waals surface area (Å²) in [6.07, 6.45) is -4.88. The van der Waals surface area contributed by atoms with E-state index in [-0.39, 0.29) is 12.0 Å². The predicted molar refractivity (Wildman–Crippen MR) is 102 cm³/mol. The Morgan fingerprint density at radius 2 is 1.40 bits per heavy atom. The Hall–Kier alpha value is -2.87. The van der Waals surface area contributed by atoms with Crippen LogP contribution in [0.2, 0.25) is 5.02 Å². The Balaban J connectivity index is 2.41. The summed E-state index contributed by atoms with van der Waals surface area (Å²) in [5.74, 6) is -4.78. The molecule has 1 atom stereocenters. The van der Waals surface area contributed by atoms with Gasteiger partial charge in [-0.15, -0.1) is 0 Å². The molecule has 0 spiro atoms. The first-order chi connectivity index (χ1) is 14.1. The number of ketones is 1. The average molecular weight is 443 g/mol. The fourth-order valence-electron chi connectivity index (χ4n) is 2.98. The standard InChI is InChI=1S/C21H18ClF3O5/c1-29-19(27)18(20(28)30-2)16(12-5-9-15(22)10-6-12)11-17(26)13-3-7-14(8-4-13)21(23,24)25/h3-10,16,18H,11H2,1-2H3. The highest BCUT2D eigenvalue weighted by Crippen LogP contribution is 2.33. The monoisotopic (exact) mass is 442 g/mol. The maximum atomic E-state index is 12.8. The summed E-state index contributed by atoms with van der Waals surface area (Å²) in [6, 6.07) is 9.84. The Morgan fingerprint density at radius 1 is 0.900 bits per heavy atom. The predicted octanol–water partition coefficient (Wildman–Crippen LogP) is 4.68. The average Bonchev–Trinajstić information content (AvgIpc) is 2.72. The third-order valence-electron chi connectivity index (χ3n) is 4.55. The van der Waals surface area contributed by atoms with Crippen molar-refractivity contribution in [1.82, 2.24) is 0 Å². The molecule has 9 heteroatoms. The Labute approximate surface area is 175 Å². The van der Waals surface area contributed by atoms with Gasteiger partial charge in [0.2, 0.25) is 0 Å². The number of hydrogen-bond donors (Lipinski definition) is 0. The molecule has 0 aromatic heterocycles. The summed E-state index contributed by atoms with van der Waals surface area (Å²) in [5, 5.41) is 0.402. The number of carbonyl (C=O) groups is 3. The maximum absolute atomic E-state index is 12.8. The van der Waals surface area contributed by atoms with Crippen LogP contribution in [0.1, 0.15) is 33.8 Å². The molecule has 0 radical (unpaired) electrons. The zero-order valence-electron chi connectivity index (χ0n) is 16.0. The first kappa shape index (κ1) is 23.4. The van der Waals surface area contributed by atoms with E-state index in [0.29, 0.717) is 10.6 Å². The third kappa shape index (κ3) is 5.60. The van der Waals surface area contributed by atoms with Crippen molar-refractivity contribution in [3.63, 3.8) is 0 Å². The third-order valence-corrected chi connectivity index (χ3v) is 4.80. The fraction of sp³-hybridized carbons (Fsp3) is 0.286. The lowest BCUT2D eigenvalue weighted by molar-refractivity contribution is -0.160. The minimum absolute atomic E-state index is 0.00967. The molecular weight excluding hydrogens is 425 g/mol. The first-order valence-corrected chi connectivity index (χ1v) is 9.07. The maximum Gasteiger partial charge on any atom is 0.416 e. The van der Waals surface area contributed by atoms with Crippen molar-refractivity contribution in [3.8, 4) is 0 Å². The number of alkyl halides is 3. The summed E-state index contributed by atoms with van der Waals surface area (Å²) in [4.78, 5) is 37.3. The van der Waals surface area contributed by atoms with Crippen LogP contribution in [0.15, 0.2) is 48.5 Å². The van der Waals surface area contributed by atoms with Crippen LogP contribution in [0.25, 0.3) is 0 Å². The number of benzene rings is 2. The van der Waals surface area contributed by atoms with Gasteiger partial charge in [0.1, 0.15) is 0 Å². The molecule has 0 amide bonds. The van der Waals surface area contributed by atoms with Gasteiger partial charge < -0.3 is 9.47 Å². The van der Waals surface area contributed by atoms with E-state index in [9.17, 15) is 27.6 Å². The molecule has 0 aliphatic carbocycles. The number of carbonyl (C=O) groups excluding carboxylic acids is 3. The van der Waals surface area contributed by atoms with E-state index in [1.54, 1.807) is 12.1 Å². The van der Waals surface area contributed by atoms with E-state index in [4.69, 9.17) is 21.1 Å². The van der Waals surface area contributed by atoms with E-state index < -0.39 is 41.3 Å². The van der Waals surface area contributed by atoms with E-state index in [2.05, 4.69) is 0 Å². The highest BCUT2D eigenvalue weighted by atomic mass is 35.5. The number of rotatable bonds is 7. The van der Waals surface area contributed by atoms with Crippen molar-refractivity contribution < 1.29 is 37.0 Å². The van der Waals surface area contributed by atoms with Crippen LogP contribution in [0.3, 0.4) is 0 Å². The molecule has 160 valence electrons. The number of hydrogen-bond acceptors (Lipinski definition) is 5. The smallest absolute Gasteiger partial charge is 0.416 e. The molecule has 0 aliphatic rings. The number of Topliss-reactive ketones (excluding diaryl/α,β-unsaturated/α-hetero) is 1. The van der Waals surface area contributed by atoms with Crippen LogP contribution in [-0.2, 0) is 25.2 Å². The molecular formula is C21H18ClF3O5. The molecule has 1 unspecified atom stereocenters. The van der Waals surface area contributed by atoms with Crippen molar-refractivity contribution in [3.05, 3.63) is 70.2 Å². The second-order valence-corrected chi connectivity index (χ2v) is 6.82. The van der Waals surface area contributed by atoms with Gasteiger partial charge in [0.05, 0.1) is 19.8 Å². The van der Waals surface area contributed by atoms with Crippen LogP contribution in [0.5, 0.6) is 0 Å². The lowest BCUT2D eigenvalue weighted by atomic mass is 9.81. The normalized spacial score (nSPS) is 12.4. The largest absolute Gasteiger partial charge is 0.468 e. The van der Waals surface area contributed by atoms with Gasteiger partial charge in [-0.2, -0.15) is 13.2 Å². The quantitative estimate of drug-likeness (QED) is 0.354. The molecule has 2 aromatic rings. The van der Waals surface area contributed by atoms with Gasteiger partial charge in [-0.1, -0.05) is 35.9 Å². The first-order valence-electron chi connectivity index (χ1n) is 8.70. The molecule has 0 heterocycles. The zero-order chi connectivity index (χ0) is 22.5. The van der Waals surface area contributed by atoms with E-state index in [0.717, 1.165) is 38.5 Å². The van der Waals surface area contributed by atoms with E-state index >= 15 is 0 Å². The van der Waals surface area contributed by atoms with Gasteiger partial charge in [-0.25, -0.2) is 0 Å². The number of halogens is 4. The van der Waals surface area contributed by atoms with E-state index in [1.807, 2.05) is 0 Å². The van der Waals surface area contributed by atoms with Crippen LogP contribution >= 0.6 is 11.6 Å². The molecule has 0 saturated heterocycles. The molecule has 5 nitrogen and oxygen atoms in total. The minimum atomic E-state index is -4.53. The van der Waals surface area contributed by atoms with E-state index in [1.165, 1.54) is 12.1 Å². The molecule has 0 N–H and O–H groups in total. The van der Waals surface area contributed by atoms with Gasteiger partial charge in [-0.05, 0) is 29.8 Å². The van der Waals surface area contributed by atoms with Crippen molar-refractivity contribution >= 4 is 29.3 Å². The summed E-state index contributed by atoms with van der Waals surface area (Å²) in [6.45, 7) is 0. The van der Waals surface area contributed by atoms with Crippen LogP contribution < -0.4 is 0 Å². The lowest BCUT2D eigenvalue weighted by Gasteiger charge is -2.23. The second kappa shape index (κ2) is 9.75. The molecule has 30 heavy (non-hydrogen) atoms. The molecule has 2 aromatic carbocycles. The fourth-order valence-corrected chi connectivity index (χ4v) is 3.11. The molecule has 2 rings (SSSR count). The molecule has 0 aliphatic heterocycles. The van der Waals surface area contributed by atoms with Crippen molar-refractivity contribution in [1.29, 1.82) is 0 Å².